The van der Waals surface area contributed by atoms with Crippen molar-refractivity contribution in [3.63, 3.8) is 0 Å². The number of para-hydroxylation sites is 1. The molecule has 4 nitrogen and oxygen atoms in total. The zero-order chi connectivity index (χ0) is 22.5. The smallest absolute Gasteiger partial charge is 0.258 e. The van der Waals surface area contributed by atoms with Crippen LogP contribution >= 0.6 is 0 Å². The van der Waals surface area contributed by atoms with Crippen molar-refractivity contribution < 1.29 is 4.79 Å². The molecular weight excluding hydrogens is 382 g/mol. The molecule has 0 aromatic heterocycles. The third-order valence-electron chi connectivity index (χ3n) is 5.53. The van der Waals surface area contributed by atoms with Gasteiger partial charge in [-0.1, -0.05) is 30.2 Å². The number of aryl methyl sites for hydroxylation is 2. The van der Waals surface area contributed by atoms with Crippen LogP contribution in [0.5, 0.6) is 0 Å². The Morgan fingerprint density at radius 3 is 2.16 bits per heavy atom. The molecule has 0 saturated carbocycles. The molecule has 1 amide bonds. The molecule has 1 unspecified atom stereocenters. The van der Waals surface area contributed by atoms with Crippen LogP contribution in [-0.2, 0) is 0 Å². The van der Waals surface area contributed by atoms with Crippen LogP contribution in [0.3, 0.4) is 0 Å². The largest absolute Gasteiger partial charge is 0.357 e. The number of amides is 1. The molecule has 0 fully saturated rings. The van der Waals surface area contributed by atoms with Gasteiger partial charge in [-0.2, -0.15) is 5.26 Å². The summed E-state index contributed by atoms with van der Waals surface area (Å²) in [7, 11) is 3.71. The molecule has 0 aliphatic heterocycles. The van der Waals surface area contributed by atoms with Crippen molar-refractivity contribution in [3.8, 4) is 18.4 Å². The first-order valence-electron chi connectivity index (χ1n) is 10.0. The van der Waals surface area contributed by atoms with Gasteiger partial charge in [0.25, 0.3) is 5.91 Å². The Hall–Kier alpha value is -4.02. The average Bonchev–Trinajstić information content (AvgIpc) is 2.81. The first-order chi connectivity index (χ1) is 14.9. The van der Waals surface area contributed by atoms with E-state index in [1.54, 1.807) is 24.1 Å². The second-order valence-corrected chi connectivity index (χ2v) is 7.56. The minimum absolute atomic E-state index is 0.0592. The molecule has 1 atom stereocenters. The van der Waals surface area contributed by atoms with E-state index in [4.69, 9.17) is 11.7 Å². The number of terminal acetylenes is 1. The topological polar surface area (TPSA) is 47.3 Å². The molecule has 0 radical (unpaired) electrons. The van der Waals surface area contributed by atoms with E-state index in [1.807, 2.05) is 80.4 Å². The number of benzene rings is 3. The summed E-state index contributed by atoms with van der Waals surface area (Å²) in [6, 6.07) is 22.7. The van der Waals surface area contributed by atoms with Crippen LogP contribution in [0, 0.1) is 37.5 Å². The maximum Gasteiger partial charge on any atom is 0.258 e. The van der Waals surface area contributed by atoms with Crippen molar-refractivity contribution in [2.75, 3.05) is 23.9 Å². The summed E-state index contributed by atoms with van der Waals surface area (Å²) in [5.74, 6) is 2.82. The van der Waals surface area contributed by atoms with Crippen molar-refractivity contribution in [3.05, 3.63) is 94.5 Å². The Labute approximate surface area is 184 Å². The summed E-state index contributed by atoms with van der Waals surface area (Å²) in [5, 5.41) is 9.02. The summed E-state index contributed by atoms with van der Waals surface area (Å²) in [5.41, 5.74) is 5.83. The molecule has 0 aliphatic carbocycles. The Bertz CT molecular complexity index is 1170. The molecule has 0 N–H and O–H groups in total. The van der Waals surface area contributed by atoms with Gasteiger partial charge in [-0.25, -0.2) is 0 Å². The summed E-state index contributed by atoms with van der Waals surface area (Å²) >= 11 is 0. The molecule has 3 aromatic rings. The maximum absolute atomic E-state index is 13.1. The molecule has 3 aromatic carbocycles. The van der Waals surface area contributed by atoms with E-state index in [0.717, 1.165) is 28.1 Å². The van der Waals surface area contributed by atoms with Crippen LogP contribution < -0.4 is 9.80 Å². The highest BCUT2D eigenvalue weighted by Crippen LogP contribution is 2.30. The van der Waals surface area contributed by atoms with Crippen LogP contribution in [0.25, 0.3) is 0 Å². The van der Waals surface area contributed by atoms with Gasteiger partial charge >= 0.3 is 0 Å². The van der Waals surface area contributed by atoms with Crippen molar-refractivity contribution in [2.45, 2.75) is 19.9 Å². The Kier molecular flexibility index (Phi) is 6.43. The molecular formula is C27H25N3O. The van der Waals surface area contributed by atoms with Gasteiger partial charge in [0.2, 0.25) is 0 Å². The number of hydrogen-bond donors (Lipinski definition) is 0. The van der Waals surface area contributed by atoms with E-state index >= 15 is 0 Å². The minimum atomic E-state index is -0.303. The normalized spacial score (nSPS) is 11.2. The lowest BCUT2D eigenvalue weighted by Crippen LogP contribution is -2.28. The van der Waals surface area contributed by atoms with Gasteiger partial charge in [0.1, 0.15) is 6.04 Å². The molecule has 31 heavy (non-hydrogen) atoms. The third-order valence-corrected chi connectivity index (χ3v) is 5.53. The van der Waals surface area contributed by atoms with Gasteiger partial charge in [-0.15, -0.1) is 6.42 Å². The molecule has 0 aliphatic rings. The predicted octanol–water partition coefficient (Wildman–Crippen LogP) is 5.26. The van der Waals surface area contributed by atoms with Crippen molar-refractivity contribution in [1.29, 1.82) is 5.26 Å². The summed E-state index contributed by atoms with van der Waals surface area (Å²) in [4.78, 5) is 16.8. The number of nitriles is 1. The number of carbonyl (C=O) groups is 1. The molecule has 3 rings (SSSR count). The van der Waals surface area contributed by atoms with E-state index in [0.29, 0.717) is 11.1 Å². The Balaban J connectivity index is 1.93. The van der Waals surface area contributed by atoms with Gasteiger partial charge in [-0.05, 0) is 73.0 Å². The number of carbonyl (C=O) groups excluding carboxylic acids is 1. The fourth-order valence-electron chi connectivity index (χ4n) is 3.64. The van der Waals surface area contributed by atoms with Crippen molar-refractivity contribution in [1.82, 2.24) is 0 Å². The highest BCUT2D eigenvalue weighted by Gasteiger charge is 2.22. The van der Waals surface area contributed by atoms with Gasteiger partial charge in [0, 0.05) is 31.0 Å². The van der Waals surface area contributed by atoms with Gasteiger partial charge in [0.15, 0.2) is 0 Å². The van der Waals surface area contributed by atoms with Gasteiger partial charge < -0.3 is 9.80 Å². The van der Waals surface area contributed by atoms with E-state index in [2.05, 4.69) is 12.0 Å². The molecule has 4 heteroatoms. The van der Waals surface area contributed by atoms with Crippen molar-refractivity contribution in [2.24, 2.45) is 0 Å². The third kappa shape index (κ3) is 4.44. The number of rotatable bonds is 5. The Morgan fingerprint density at radius 2 is 1.58 bits per heavy atom. The molecule has 0 spiro atoms. The lowest BCUT2D eigenvalue weighted by molar-refractivity contribution is 0.0992. The first-order valence-corrected chi connectivity index (χ1v) is 10.0. The summed E-state index contributed by atoms with van der Waals surface area (Å²) in [6.07, 6.45) is 5.92. The predicted molar refractivity (Wildman–Crippen MR) is 126 cm³/mol. The fourth-order valence-corrected chi connectivity index (χ4v) is 3.64. The number of hydrogen-bond acceptors (Lipinski definition) is 3. The maximum atomic E-state index is 13.1. The van der Waals surface area contributed by atoms with Gasteiger partial charge in [0.05, 0.1) is 11.6 Å². The first kappa shape index (κ1) is 21.7. The minimum Gasteiger partial charge on any atom is -0.357 e. The highest BCUT2D eigenvalue weighted by molar-refractivity contribution is 6.06. The summed E-state index contributed by atoms with van der Waals surface area (Å²) < 4.78 is 0. The van der Waals surface area contributed by atoms with Crippen LogP contribution in [0.1, 0.15) is 38.7 Å². The standard InChI is InChI=1S/C27H25N3O/c1-6-26(29(4)23-14-12-21(18-28)13-15-23)24-16-20(3)25(17-19(24)2)27(31)30(5)22-10-8-7-9-11-22/h1,7-17,26H,2-5H3. The molecule has 0 heterocycles. The van der Waals surface area contributed by atoms with Crippen LogP contribution in [0.4, 0.5) is 11.4 Å². The second kappa shape index (κ2) is 9.20. The zero-order valence-electron chi connectivity index (χ0n) is 18.3. The molecule has 154 valence electrons. The lowest BCUT2D eigenvalue weighted by atomic mass is 9.94. The van der Waals surface area contributed by atoms with E-state index in [9.17, 15) is 4.79 Å². The van der Waals surface area contributed by atoms with Crippen LogP contribution in [-0.4, -0.2) is 20.0 Å². The fraction of sp³-hybridized carbons (Fsp3) is 0.185. The second-order valence-electron chi connectivity index (χ2n) is 7.56. The number of anilines is 2. The summed E-state index contributed by atoms with van der Waals surface area (Å²) in [6.45, 7) is 3.91. The SMILES string of the molecule is C#CC(c1cc(C)c(C(=O)N(C)c2ccccc2)cc1C)N(C)c1ccc(C#N)cc1. The molecule has 0 saturated heterocycles. The van der Waals surface area contributed by atoms with Crippen LogP contribution in [0.15, 0.2) is 66.7 Å². The highest BCUT2D eigenvalue weighted by atomic mass is 16.2. The quantitative estimate of drug-likeness (QED) is 0.542. The van der Waals surface area contributed by atoms with E-state index in [1.165, 1.54) is 0 Å². The lowest BCUT2D eigenvalue weighted by Gasteiger charge is -2.28. The average molecular weight is 408 g/mol. The van der Waals surface area contributed by atoms with Crippen LogP contribution in [0.2, 0.25) is 0 Å². The van der Waals surface area contributed by atoms with E-state index < -0.39 is 0 Å². The number of nitrogens with zero attached hydrogens (tertiary/aromatic N) is 3. The Morgan fingerprint density at radius 1 is 0.935 bits per heavy atom. The molecule has 0 bridgehead atoms. The van der Waals surface area contributed by atoms with E-state index in [-0.39, 0.29) is 11.9 Å². The zero-order valence-corrected chi connectivity index (χ0v) is 18.3. The monoisotopic (exact) mass is 407 g/mol. The van der Waals surface area contributed by atoms with Crippen molar-refractivity contribution >= 4 is 17.3 Å². The van der Waals surface area contributed by atoms with Gasteiger partial charge in [-0.3, -0.25) is 4.79 Å².